The smallest absolute Gasteiger partial charge is 0.338 e. The van der Waals surface area contributed by atoms with Crippen molar-refractivity contribution in [1.82, 2.24) is 0 Å². The molecule has 2 aromatic carbocycles. The molecule has 1 saturated heterocycles. The molecule has 4 rings (SSSR count). The highest BCUT2D eigenvalue weighted by atomic mass is 16.7. The van der Waals surface area contributed by atoms with E-state index in [-0.39, 0.29) is 29.9 Å². The van der Waals surface area contributed by atoms with Gasteiger partial charge in [-0.15, -0.1) is 0 Å². The number of aromatic hydroxyl groups is 4. The lowest BCUT2D eigenvalue weighted by molar-refractivity contribution is -0.312. The Labute approximate surface area is 198 Å². The summed E-state index contributed by atoms with van der Waals surface area (Å²) in [5.74, 6) is -3.60. The summed E-state index contributed by atoms with van der Waals surface area (Å²) in [6.07, 6.45) is -8.30. The van der Waals surface area contributed by atoms with E-state index in [0.717, 1.165) is 12.1 Å². The molecule has 7 N–H and O–H groups in total. The third-order valence-electron chi connectivity index (χ3n) is 5.97. The van der Waals surface area contributed by atoms with Gasteiger partial charge in [-0.05, 0) is 42.3 Å². The number of aliphatic hydroxyl groups excluding tert-OH is 3. The molecule has 0 saturated carbocycles. The van der Waals surface area contributed by atoms with Crippen LogP contribution in [-0.2, 0) is 14.2 Å². The normalized spacial score (nSPS) is 28.4. The van der Waals surface area contributed by atoms with Gasteiger partial charge in [-0.1, -0.05) is 0 Å². The van der Waals surface area contributed by atoms with Crippen molar-refractivity contribution in [2.45, 2.75) is 49.7 Å². The number of ketones is 1. The topological polar surface area (TPSA) is 203 Å². The van der Waals surface area contributed by atoms with Gasteiger partial charge in [0, 0.05) is 12.0 Å². The number of fused-ring (bicyclic) bond motifs is 1. The first-order valence-electron chi connectivity index (χ1n) is 10.7. The highest BCUT2D eigenvalue weighted by Gasteiger charge is 2.46. The van der Waals surface area contributed by atoms with Crippen LogP contribution in [0.1, 0.15) is 45.2 Å². The summed E-state index contributed by atoms with van der Waals surface area (Å²) in [7, 11) is 0. The molecule has 12 heteroatoms. The standard InChI is InChI=1S/C23H24O12/c24-10-1-2-11-12(7-10)16(4-3-13(11)25)34-23-21(31)20(30)19(29)17(35-23)8-33-22(32)9-5-14(26)18(28)15(27)6-9/h1-2,5-7,16-17,19-21,23-24,26-31H,3-4,8H2. The number of esters is 1. The van der Waals surface area contributed by atoms with Gasteiger partial charge in [0.15, 0.2) is 29.3 Å². The molecular weight excluding hydrogens is 468 g/mol. The van der Waals surface area contributed by atoms with Crippen LogP contribution in [0.2, 0.25) is 0 Å². The second-order valence-electron chi connectivity index (χ2n) is 8.33. The first kappa shape index (κ1) is 24.7. The van der Waals surface area contributed by atoms with Crippen molar-refractivity contribution in [3.8, 4) is 23.0 Å². The number of Topliss-reactive ketones (excluding diaryl/α,β-unsaturated/α-hetero) is 1. The van der Waals surface area contributed by atoms with Gasteiger partial charge in [-0.25, -0.2) is 4.79 Å². The zero-order valence-electron chi connectivity index (χ0n) is 18.1. The first-order valence-corrected chi connectivity index (χ1v) is 10.7. The van der Waals surface area contributed by atoms with Crippen LogP contribution in [0.25, 0.3) is 0 Å². The van der Waals surface area contributed by atoms with Gasteiger partial charge in [-0.3, -0.25) is 4.79 Å². The van der Waals surface area contributed by atoms with E-state index >= 15 is 0 Å². The van der Waals surface area contributed by atoms with E-state index < -0.39 is 66.6 Å². The Bertz CT molecular complexity index is 1110. The molecule has 12 nitrogen and oxygen atoms in total. The van der Waals surface area contributed by atoms with Gasteiger partial charge in [0.05, 0.1) is 11.7 Å². The lowest BCUT2D eigenvalue weighted by Gasteiger charge is -2.41. The van der Waals surface area contributed by atoms with Crippen LogP contribution >= 0.6 is 0 Å². The van der Waals surface area contributed by atoms with Gasteiger partial charge in [0.2, 0.25) is 0 Å². The predicted octanol–water partition coefficient (Wildman–Crippen LogP) is 0.208. The predicted molar refractivity (Wildman–Crippen MR) is 114 cm³/mol. The largest absolute Gasteiger partial charge is 0.508 e. The molecule has 0 bridgehead atoms. The van der Waals surface area contributed by atoms with Crippen molar-refractivity contribution in [2.75, 3.05) is 6.61 Å². The minimum atomic E-state index is -1.73. The van der Waals surface area contributed by atoms with Crippen LogP contribution in [-0.4, -0.2) is 84.8 Å². The minimum Gasteiger partial charge on any atom is -0.508 e. The zero-order valence-corrected chi connectivity index (χ0v) is 18.1. The molecule has 35 heavy (non-hydrogen) atoms. The Hall–Kier alpha value is -3.42. The number of carbonyl (C=O) groups excluding carboxylic acids is 2. The zero-order chi connectivity index (χ0) is 25.4. The number of ether oxygens (including phenoxy) is 3. The van der Waals surface area contributed by atoms with Gasteiger partial charge >= 0.3 is 5.97 Å². The van der Waals surface area contributed by atoms with Crippen molar-refractivity contribution in [3.05, 3.63) is 47.0 Å². The molecule has 1 fully saturated rings. The van der Waals surface area contributed by atoms with Gasteiger partial charge in [-0.2, -0.15) is 0 Å². The Morgan fingerprint density at radius 3 is 2.34 bits per heavy atom. The van der Waals surface area contributed by atoms with E-state index in [1.54, 1.807) is 0 Å². The fourth-order valence-corrected chi connectivity index (χ4v) is 4.06. The van der Waals surface area contributed by atoms with E-state index in [9.17, 15) is 45.3 Å². The Morgan fingerprint density at radius 2 is 1.66 bits per heavy atom. The fraction of sp³-hybridized carbons (Fsp3) is 0.391. The molecule has 2 aromatic rings. The maximum absolute atomic E-state index is 12.3. The Kier molecular flexibility index (Phi) is 6.83. The molecule has 188 valence electrons. The highest BCUT2D eigenvalue weighted by Crippen LogP contribution is 2.38. The van der Waals surface area contributed by atoms with Gasteiger partial charge in [0.1, 0.15) is 36.8 Å². The summed E-state index contributed by atoms with van der Waals surface area (Å²) in [6.45, 7) is -0.605. The third-order valence-corrected chi connectivity index (χ3v) is 5.97. The van der Waals surface area contributed by atoms with Crippen molar-refractivity contribution in [1.29, 1.82) is 0 Å². The molecule has 1 heterocycles. The molecule has 1 aliphatic heterocycles. The maximum atomic E-state index is 12.3. The van der Waals surface area contributed by atoms with Crippen LogP contribution in [0, 0.1) is 0 Å². The maximum Gasteiger partial charge on any atom is 0.338 e. The van der Waals surface area contributed by atoms with Crippen LogP contribution in [0.15, 0.2) is 30.3 Å². The summed E-state index contributed by atoms with van der Waals surface area (Å²) in [5, 5.41) is 69.3. The second-order valence-corrected chi connectivity index (χ2v) is 8.33. The van der Waals surface area contributed by atoms with Crippen LogP contribution in [0.4, 0.5) is 0 Å². The summed E-state index contributed by atoms with van der Waals surface area (Å²) in [4.78, 5) is 24.5. The van der Waals surface area contributed by atoms with Crippen molar-refractivity contribution in [3.63, 3.8) is 0 Å². The van der Waals surface area contributed by atoms with E-state index in [1.807, 2.05) is 0 Å². The molecule has 1 aliphatic carbocycles. The average Bonchev–Trinajstić information content (AvgIpc) is 2.83. The van der Waals surface area contributed by atoms with Gasteiger partial charge in [0.25, 0.3) is 0 Å². The highest BCUT2D eigenvalue weighted by molar-refractivity contribution is 5.98. The number of phenolic OH excluding ortho intramolecular Hbond substituents is 4. The van der Waals surface area contributed by atoms with Crippen LogP contribution < -0.4 is 0 Å². The summed E-state index contributed by atoms with van der Waals surface area (Å²) >= 11 is 0. The summed E-state index contributed by atoms with van der Waals surface area (Å²) < 4.78 is 16.4. The molecule has 0 aromatic heterocycles. The molecular formula is C23H24O12. The summed E-state index contributed by atoms with van der Waals surface area (Å²) in [5.41, 5.74) is 0.420. The number of aliphatic hydroxyl groups is 3. The average molecular weight is 492 g/mol. The van der Waals surface area contributed by atoms with E-state index in [4.69, 9.17) is 14.2 Å². The van der Waals surface area contributed by atoms with Crippen LogP contribution in [0.3, 0.4) is 0 Å². The van der Waals surface area contributed by atoms with Crippen LogP contribution in [0.5, 0.6) is 23.0 Å². The van der Waals surface area contributed by atoms with E-state index in [2.05, 4.69) is 0 Å². The number of carbonyl (C=O) groups is 2. The summed E-state index contributed by atoms with van der Waals surface area (Å²) in [6, 6.07) is 5.90. The monoisotopic (exact) mass is 492 g/mol. The number of rotatable bonds is 5. The lowest BCUT2D eigenvalue weighted by atomic mass is 9.88. The molecule has 0 radical (unpaired) electrons. The van der Waals surface area contributed by atoms with Crippen molar-refractivity contribution in [2.24, 2.45) is 0 Å². The SMILES string of the molecule is O=C(OCC1OC(OC2CCC(=O)c3ccc(O)cc32)C(O)C(O)C1O)c1cc(O)c(O)c(O)c1. The second kappa shape index (κ2) is 9.68. The molecule has 2 aliphatic rings. The number of benzene rings is 2. The Balaban J connectivity index is 1.46. The van der Waals surface area contributed by atoms with E-state index in [0.29, 0.717) is 11.1 Å². The number of hydrogen-bond donors (Lipinski definition) is 7. The van der Waals surface area contributed by atoms with Gasteiger partial charge < -0.3 is 50.0 Å². The molecule has 6 unspecified atom stereocenters. The van der Waals surface area contributed by atoms with Crippen molar-refractivity contribution >= 4 is 11.8 Å². The molecule has 0 spiro atoms. The fourth-order valence-electron chi connectivity index (χ4n) is 4.06. The van der Waals surface area contributed by atoms with Crippen molar-refractivity contribution < 1.29 is 59.5 Å². The molecule has 0 amide bonds. The lowest BCUT2D eigenvalue weighted by Crippen LogP contribution is -2.59. The van der Waals surface area contributed by atoms with E-state index in [1.165, 1.54) is 18.2 Å². The number of hydrogen-bond acceptors (Lipinski definition) is 12. The third kappa shape index (κ3) is 4.88. The minimum absolute atomic E-state index is 0.0938. The first-order chi connectivity index (χ1) is 16.6. The Morgan fingerprint density at radius 1 is 0.971 bits per heavy atom. The molecule has 6 atom stereocenters. The quantitative estimate of drug-likeness (QED) is 0.221. The number of phenols is 4.